The van der Waals surface area contributed by atoms with Crippen molar-refractivity contribution in [3.63, 3.8) is 0 Å². The van der Waals surface area contributed by atoms with Gasteiger partial charge in [-0.15, -0.1) is 0 Å². The summed E-state index contributed by atoms with van der Waals surface area (Å²) in [6.07, 6.45) is 0.743. The van der Waals surface area contributed by atoms with Crippen LogP contribution in [-0.4, -0.2) is 33.3 Å². The fraction of sp³-hybridized carbons (Fsp3) is 0.417. The minimum Gasteiger partial charge on any atom is -0.466 e. The maximum Gasteiger partial charge on any atom is 0.313 e. The highest BCUT2D eigenvalue weighted by molar-refractivity contribution is 6.99. The van der Waals surface area contributed by atoms with E-state index in [1.807, 2.05) is 12.1 Å². The van der Waals surface area contributed by atoms with Crippen molar-refractivity contribution in [2.75, 3.05) is 13.2 Å². The molecule has 0 bridgehead atoms. The molecule has 0 aliphatic heterocycles. The third kappa shape index (κ3) is 5.87. The highest BCUT2D eigenvalue weighted by atomic mass is 28.4. The van der Waals surface area contributed by atoms with Crippen molar-refractivity contribution in [1.82, 2.24) is 0 Å². The topological polar surface area (TPSA) is 52.6 Å². The Morgan fingerprint density at radius 2 is 1.41 bits per heavy atom. The fourth-order valence-corrected chi connectivity index (χ4v) is 8.32. The second kappa shape index (κ2) is 10.5. The van der Waals surface area contributed by atoms with E-state index < -0.39 is 14.3 Å². The van der Waals surface area contributed by atoms with Gasteiger partial charge >= 0.3 is 5.97 Å². The lowest BCUT2D eigenvalue weighted by Gasteiger charge is -2.43. The third-order valence-corrected chi connectivity index (χ3v) is 10.0. The molecule has 5 heteroatoms. The lowest BCUT2D eigenvalue weighted by Crippen LogP contribution is -2.66. The summed E-state index contributed by atoms with van der Waals surface area (Å²) in [5.74, 6) is -0.556. The number of rotatable bonds is 10. The minimum atomic E-state index is -2.57. The van der Waals surface area contributed by atoms with Gasteiger partial charge in [0, 0.05) is 13.0 Å². The molecule has 2 aromatic carbocycles. The van der Waals surface area contributed by atoms with Crippen LogP contribution in [0.4, 0.5) is 0 Å². The largest absolute Gasteiger partial charge is 0.466 e. The highest BCUT2D eigenvalue weighted by Gasteiger charge is 2.49. The Bertz CT molecular complexity index is 742. The van der Waals surface area contributed by atoms with Crippen molar-refractivity contribution >= 4 is 30.4 Å². The van der Waals surface area contributed by atoms with Crippen molar-refractivity contribution in [3.8, 4) is 0 Å². The second-order valence-electron chi connectivity index (χ2n) is 8.14. The SMILES string of the molecule is CCOC(=O)CC(=O)CCCO[Si](c1ccccc1)(c1ccccc1)C(C)(C)C. The average molecular weight is 413 g/mol. The molecule has 0 atom stereocenters. The Labute approximate surface area is 175 Å². The summed E-state index contributed by atoms with van der Waals surface area (Å²) in [4.78, 5) is 23.5. The third-order valence-electron chi connectivity index (χ3n) is 4.98. The first-order chi connectivity index (χ1) is 13.8. The first kappa shape index (κ1) is 23.0. The Morgan fingerprint density at radius 3 is 1.86 bits per heavy atom. The molecule has 0 unspecified atom stereocenters. The zero-order valence-electron chi connectivity index (χ0n) is 17.9. The van der Waals surface area contributed by atoms with Crippen molar-refractivity contribution in [1.29, 1.82) is 0 Å². The number of carbonyl (C=O) groups excluding carboxylic acids is 2. The number of esters is 1. The van der Waals surface area contributed by atoms with Crippen LogP contribution in [0, 0.1) is 0 Å². The van der Waals surface area contributed by atoms with Crippen LogP contribution in [0.1, 0.15) is 47.0 Å². The molecule has 0 aliphatic carbocycles. The lowest BCUT2D eigenvalue weighted by atomic mass is 10.2. The molecule has 156 valence electrons. The molecule has 0 radical (unpaired) electrons. The van der Waals surface area contributed by atoms with Gasteiger partial charge in [-0.25, -0.2) is 0 Å². The van der Waals surface area contributed by atoms with Crippen LogP contribution in [0.3, 0.4) is 0 Å². The van der Waals surface area contributed by atoms with E-state index in [1.165, 1.54) is 10.4 Å². The smallest absolute Gasteiger partial charge is 0.313 e. The number of ketones is 1. The van der Waals surface area contributed by atoms with E-state index in [1.54, 1.807) is 6.92 Å². The molecule has 0 amide bonds. The van der Waals surface area contributed by atoms with Crippen LogP contribution in [-0.2, 0) is 18.8 Å². The summed E-state index contributed by atoms with van der Waals surface area (Å²) < 4.78 is 11.6. The molecule has 0 spiro atoms. The lowest BCUT2D eigenvalue weighted by molar-refractivity contribution is -0.145. The maximum atomic E-state index is 12.0. The summed E-state index contributed by atoms with van der Waals surface area (Å²) in [6.45, 7) is 9.19. The number of ether oxygens (including phenoxy) is 1. The summed E-state index contributed by atoms with van der Waals surface area (Å²) in [6, 6.07) is 20.8. The summed E-state index contributed by atoms with van der Waals surface area (Å²) in [5.41, 5.74) is 0. The fourth-order valence-electron chi connectivity index (χ4n) is 3.72. The highest BCUT2D eigenvalue weighted by Crippen LogP contribution is 2.36. The van der Waals surface area contributed by atoms with E-state index in [4.69, 9.17) is 9.16 Å². The predicted octanol–water partition coefficient (Wildman–Crippen LogP) is 3.87. The molecule has 0 aromatic heterocycles. The number of benzene rings is 2. The van der Waals surface area contributed by atoms with Gasteiger partial charge in [0.25, 0.3) is 8.32 Å². The molecular weight excluding hydrogens is 380 g/mol. The quantitative estimate of drug-likeness (QED) is 0.257. The molecule has 0 aliphatic rings. The number of Topliss-reactive ketones (excluding diaryl/α,β-unsaturated/α-hetero) is 1. The maximum absolute atomic E-state index is 12.0. The zero-order valence-corrected chi connectivity index (χ0v) is 18.9. The van der Waals surface area contributed by atoms with Crippen molar-refractivity contribution in [3.05, 3.63) is 60.7 Å². The first-order valence-electron chi connectivity index (χ1n) is 10.2. The van der Waals surface area contributed by atoms with E-state index >= 15 is 0 Å². The van der Waals surface area contributed by atoms with E-state index in [0.717, 1.165) is 0 Å². The Kier molecular flexibility index (Phi) is 8.35. The number of hydrogen-bond acceptors (Lipinski definition) is 4. The summed E-state index contributed by atoms with van der Waals surface area (Å²) in [5, 5.41) is 2.35. The van der Waals surface area contributed by atoms with Gasteiger partial charge in [-0.2, -0.15) is 0 Å². The average Bonchev–Trinajstić information content (AvgIpc) is 2.68. The normalized spacial score (nSPS) is 11.9. The van der Waals surface area contributed by atoms with E-state index in [-0.39, 0.29) is 17.2 Å². The van der Waals surface area contributed by atoms with Crippen LogP contribution in [0.25, 0.3) is 0 Å². The van der Waals surface area contributed by atoms with Gasteiger partial charge in [0.05, 0.1) is 6.61 Å². The predicted molar refractivity (Wildman–Crippen MR) is 119 cm³/mol. The van der Waals surface area contributed by atoms with Crippen LogP contribution in [0.2, 0.25) is 5.04 Å². The van der Waals surface area contributed by atoms with Gasteiger partial charge in [0.1, 0.15) is 12.2 Å². The van der Waals surface area contributed by atoms with E-state index in [9.17, 15) is 9.59 Å². The van der Waals surface area contributed by atoms with Crippen LogP contribution >= 0.6 is 0 Å². The Balaban J connectivity index is 2.19. The van der Waals surface area contributed by atoms with Gasteiger partial charge < -0.3 is 9.16 Å². The molecule has 2 rings (SSSR count). The Morgan fingerprint density at radius 1 is 0.897 bits per heavy atom. The molecule has 29 heavy (non-hydrogen) atoms. The monoisotopic (exact) mass is 412 g/mol. The van der Waals surface area contributed by atoms with Gasteiger partial charge in [-0.3, -0.25) is 9.59 Å². The molecule has 0 saturated heterocycles. The second-order valence-corrected chi connectivity index (χ2v) is 12.4. The van der Waals surface area contributed by atoms with Crippen molar-refractivity contribution < 1.29 is 18.8 Å². The van der Waals surface area contributed by atoms with Gasteiger partial charge in [0.2, 0.25) is 0 Å². The first-order valence-corrected chi connectivity index (χ1v) is 12.1. The van der Waals surface area contributed by atoms with Crippen molar-refractivity contribution in [2.45, 2.75) is 52.0 Å². The van der Waals surface area contributed by atoms with E-state index in [0.29, 0.717) is 26.1 Å². The zero-order chi connectivity index (χ0) is 21.3. The van der Waals surface area contributed by atoms with Gasteiger partial charge in [0.15, 0.2) is 0 Å². The van der Waals surface area contributed by atoms with Crippen LogP contribution in [0.5, 0.6) is 0 Å². The molecule has 0 N–H and O–H groups in total. The van der Waals surface area contributed by atoms with Crippen molar-refractivity contribution in [2.24, 2.45) is 0 Å². The molecule has 0 heterocycles. The Hall–Kier alpha value is -2.24. The van der Waals surface area contributed by atoms with Crippen LogP contribution in [0.15, 0.2) is 60.7 Å². The molecule has 0 fully saturated rings. The number of hydrogen-bond donors (Lipinski definition) is 0. The van der Waals surface area contributed by atoms with Gasteiger partial charge in [-0.05, 0) is 28.8 Å². The molecule has 0 saturated carbocycles. The molecular formula is C24H32O4Si. The standard InChI is InChI=1S/C24H32O4Si/c1-5-27-23(26)19-20(25)13-12-18-28-29(24(2,3)4,21-14-8-6-9-15-21)22-16-10-7-11-17-22/h6-11,14-17H,5,12-13,18-19H2,1-4H3. The van der Waals surface area contributed by atoms with E-state index in [2.05, 4.69) is 69.3 Å². The van der Waals surface area contributed by atoms with Gasteiger partial charge in [-0.1, -0.05) is 81.4 Å². The summed E-state index contributed by atoms with van der Waals surface area (Å²) in [7, 11) is -2.57. The van der Waals surface area contributed by atoms with Crippen LogP contribution < -0.4 is 10.4 Å². The minimum absolute atomic E-state index is 0.0926. The molecule has 4 nitrogen and oxygen atoms in total. The number of carbonyl (C=O) groups is 2. The summed E-state index contributed by atoms with van der Waals surface area (Å²) >= 11 is 0. The molecule has 2 aromatic rings.